The summed E-state index contributed by atoms with van der Waals surface area (Å²) in [6.45, 7) is 2.55. The molecule has 0 bridgehead atoms. The van der Waals surface area contributed by atoms with Crippen LogP contribution in [0.25, 0.3) is 10.9 Å². The van der Waals surface area contributed by atoms with E-state index in [-0.39, 0.29) is 5.88 Å². The number of aliphatic imine (C=N–C) groups is 1. The molecule has 5 nitrogen and oxygen atoms in total. The van der Waals surface area contributed by atoms with Crippen molar-refractivity contribution in [1.82, 2.24) is 9.88 Å². The van der Waals surface area contributed by atoms with Crippen LogP contribution in [0.3, 0.4) is 0 Å². The second-order valence-corrected chi connectivity index (χ2v) is 7.30. The van der Waals surface area contributed by atoms with Crippen LogP contribution in [0.1, 0.15) is 12.0 Å². The third-order valence-electron chi connectivity index (χ3n) is 4.85. The monoisotopic (exact) mass is 401 g/mol. The number of aromatic nitrogens is 1. The van der Waals surface area contributed by atoms with Gasteiger partial charge in [-0.25, -0.2) is 4.39 Å². The van der Waals surface area contributed by atoms with Gasteiger partial charge in [-0.15, -0.1) is 0 Å². The summed E-state index contributed by atoms with van der Waals surface area (Å²) in [5.74, 6) is 0.801. The number of H-pyrrole nitrogens is 1. The van der Waals surface area contributed by atoms with Gasteiger partial charge in [0.1, 0.15) is 18.5 Å². The van der Waals surface area contributed by atoms with Crippen molar-refractivity contribution >= 4 is 34.4 Å². The van der Waals surface area contributed by atoms with E-state index >= 15 is 0 Å². The van der Waals surface area contributed by atoms with Crippen molar-refractivity contribution < 1.29 is 14.2 Å². The largest absolute Gasteiger partial charge is 0.494 e. The number of hydrogen-bond acceptors (Lipinski definition) is 4. The first-order valence-corrected chi connectivity index (χ1v) is 9.60. The number of aromatic amines is 1. The molecule has 1 saturated heterocycles. The molecule has 4 rings (SSSR count). The number of halogens is 2. The molecule has 0 radical (unpaired) electrons. The quantitative estimate of drug-likeness (QED) is 0.588. The third kappa shape index (κ3) is 4.29. The SMILES string of the molecule is Oc1[nH]c2ccc(Cl)cc2c1C=Nc1ccc(OCCN2CCC(F)C2)cc1. The Bertz CT molecular complexity index is 987. The molecule has 1 atom stereocenters. The van der Waals surface area contributed by atoms with Gasteiger partial charge in [-0.1, -0.05) is 11.6 Å². The number of likely N-dealkylation sites (tertiary alicyclic amines) is 1. The number of aromatic hydroxyl groups is 1. The summed E-state index contributed by atoms with van der Waals surface area (Å²) in [5.41, 5.74) is 2.13. The molecule has 28 heavy (non-hydrogen) atoms. The molecular weight excluding hydrogens is 381 g/mol. The van der Waals surface area contributed by atoms with Gasteiger partial charge >= 0.3 is 0 Å². The van der Waals surface area contributed by atoms with Gasteiger partial charge in [-0.2, -0.15) is 0 Å². The number of nitrogens with zero attached hydrogens (tertiary/aromatic N) is 2. The lowest BCUT2D eigenvalue weighted by atomic mass is 10.2. The van der Waals surface area contributed by atoms with Crippen molar-refractivity contribution in [2.45, 2.75) is 12.6 Å². The molecule has 1 aliphatic heterocycles. The van der Waals surface area contributed by atoms with E-state index in [0.717, 1.165) is 35.4 Å². The highest BCUT2D eigenvalue weighted by Crippen LogP contribution is 2.29. The second kappa shape index (κ2) is 8.20. The van der Waals surface area contributed by atoms with E-state index in [1.54, 1.807) is 18.3 Å². The maximum absolute atomic E-state index is 13.2. The zero-order valence-electron chi connectivity index (χ0n) is 15.2. The van der Waals surface area contributed by atoms with Crippen molar-refractivity contribution in [3.8, 4) is 11.6 Å². The molecule has 1 aliphatic rings. The summed E-state index contributed by atoms with van der Waals surface area (Å²) in [6.07, 6.45) is 1.52. The molecule has 1 aromatic heterocycles. The highest BCUT2D eigenvalue weighted by Gasteiger charge is 2.21. The molecule has 2 heterocycles. The molecule has 2 aromatic carbocycles. The van der Waals surface area contributed by atoms with Crippen molar-refractivity contribution in [2.24, 2.45) is 4.99 Å². The molecule has 146 valence electrons. The minimum Gasteiger partial charge on any atom is -0.494 e. The van der Waals surface area contributed by atoms with Crippen LogP contribution in [0.15, 0.2) is 47.5 Å². The van der Waals surface area contributed by atoms with Crippen LogP contribution in [-0.2, 0) is 0 Å². The van der Waals surface area contributed by atoms with Crippen LogP contribution in [-0.4, -0.2) is 53.6 Å². The van der Waals surface area contributed by atoms with Gasteiger partial charge in [-0.3, -0.25) is 9.89 Å². The van der Waals surface area contributed by atoms with E-state index in [1.165, 1.54) is 0 Å². The lowest BCUT2D eigenvalue weighted by Gasteiger charge is -2.14. The van der Waals surface area contributed by atoms with E-state index in [4.69, 9.17) is 16.3 Å². The average molecular weight is 402 g/mol. The van der Waals surface area contributed by atoms with E-state index in [2.05, 4.69) is 14.9 Å². The Morgan fingerprint density at radius 2 is 2.11 bits per heavy atom. The summed E-state index contributed by atoms with van der Waals surface area (Å²) in [6, 6.07) is 12.8. The van der Waals surface area contributed by atoms with Crippen LogP contribution in [0, 0.1) is 0 Å². The topological polar surface area (TPSA) is 60.9 Å². The first-order chi connectivity index (χ1) is 13.6. The third-order valence-corrected chi connectivity index (χ3v) is 5.09. The lowest BCUT2D eigenvalue weighted by molar-refractivity contribution is 0.224. The molecule has 7 heteroatoms. The molecular formula is C21H21ClFN3O2. The van der Waals surface area contributed by atoms with Gasteiger partial charge in [0.15, 0.2) is 5.88 Å². The van der Waals surface area contributed by atoms with Gasteiger partial charge < -0.3 is 14.8 Å². The van der Waals surface area contributed by atoms with Gasteiger partial charge in [-0.05, 0) is 48.9 Å². The van der Waals surface area contributed by atoms with Gasteiger partial charge in [0.25, 0.3) is 0 Å². The maximum Gasteiger partial charge on any atom is 0.198 e. The Balaban J connectivity index is 1.38. The van der Waals surface area contributed by atoms with Crippen LogP contribution in [0.4, 0.5) is 10.1 Å². The Morgan fingerprint density at radius 1 is 1.29 bits per heavy atom. The van der Waals surface area contributed by atoms with Crippen molar-refractivity contribution in [2.75, 3.05) is 26.2 Å². The van der Waals surface area contributed by atoms with Crippen molar-refractivity contribution in [1.29, 1.82) is 0 Å². The number of nitrogens with one attached hydrogen (secondary N) is 1. The van der Waals surface area contributed by atoms with Gasteiger partial charge in [0.2, 0.25) is 0 Å². The number of hydrogen-bond donors (Lipinski definition) is 2. The zero-order chi connectivity index (χ0) is 19.5. The van der Waals surface area contributed by atoms with E-state index < -0.39 is 6.17 Å². The predicted octanol–water partition coefficient (Wildman–Crippen LogP) is 4.70. The standard InChI is InChI=1S/C21H21ClFN3O2/c22-14-1-6-20-18(11-14)19(21(27)25-20)12-24-16-2-4-17(5-3-16)28-10-9-26-8-7-15(23)13-26/h1-6,11-12,15,25,27H,7-10,13H2. The number of alkyl halides is 1. The van der Waals surface area contributed by atoms with Crippen LogP contribution < -0.4 is 4.74 Å². The minimum atomic E-state index is -0.704. The second-order valence-electron chi connectivity index (χ2n) is 6.86. The normalized spacial score (nSPS) is 17.7. The summed E-state index contributed by atoms with van der Waals surface area (Å²) in [7, 11) is 0. The summed E-state index contributed by atoms with van der Waals surface area (Å²) >= 11 is 6.05. The summed E-state index contributed by atoms with van der Waals surface area (Å²) < 4.78 is 18.9. The molecule has 0 amide bonds. The minimum absolute atomic E-state index is 0.0541. The molecule has 1 unspecified atom stereocenters. The highest BCUT2D eigenvalue weighted by atomic mass is 35.5. The fourth-order valence-corrected chi connectivity index (χ4v) is 3.52. The molecule has 0 aliphatic carbocycles. The van der Waals surface area contributed by atoms with E-state index in [1.807, 2.05) is 30.3 Å². The van der Waals surface area contributed by atoms with Crippen molar-refractivity contribution in [3.05, 3.63) is 53.1 Å². The van der Waals surface area contributed by atoms with Gasteiger partial charge in [0, 0.05) is 41.8 Å². The van der Waals surface area contributed by atoms with Crippen molar-refractivity contribution in [3.63, 3.8) is 0 Å². The summed E-state index contributed by atoms with van der Waals surface area (Å²) in [5, 5.41) is 11.5. The summed E-state index contributed by atoms with van der Waals surface area (Å²) in [4.78, 5) is 9.41. The zero-order valence-corrected chi connectivity index (χ0v) is 16.0. The fraction of sp³-hybridized carbons (Fsp3) is 0.286. The average Bonchev–Trinajstić information content (AvgIpc) is 3.23. The molecule has 2 N–H and O–H groups in total. The lowest BCUT2D eigenvalue weighted by Crippen LogP contribution is -2.26. The van der Waals surface area contributed by atoms with Crippen LogP contribution in [0.5, 0.6) is 11.6 Å². The molecule has 0 spiro atoms. The molecule has 3 aromatic rings. The highest BCUT2D eigenvalue weighted by molar-refractivity contribution is 6.31. The number of ether oxygens (including phenoxy) is 1. The van der Waals surface area contributed by atoms with E-state index in [0.29, 0.717) is 30.2 Å². The maximum atomic E-state index is 13.2. The number of fused-ring (bicyclic) bond motifs is 1. The number of benzene rings is 2. The van der Waals surface area contributed by atoms with E-state index in [9.17, 15) is 9.50 Å². The van der Waals surface area contributed by atoms with Crippen LogP contribution in [0.2, 0.25) is 5.02 Å². The molecule has 0 saturated carbocycles. The Labute approximate surface area is 167 Å². The van der Waals surface area contributed by atoms with Crippen LogP contribution >= 0.6 is 11.6 Å². The fourth-order valence-electron chi connectivity index (χ4n) is 3.35. The smallest absolute Gasteiger partial charge is 0.198 e. The predicted molar refractivity (Wildman–Crippen MR) is 110 cm³/mol. The molecule has 1 fully saturated rings. The number of rotatable bonds is 6. The van der Waals surface area contributed by atoms with Gasteiger partial charge in [0.05, 0.1) is 11.3 Å². The first-order valence-electron chi connectivity index (χ1n) is 9.22. The first kappa shape index (κ1) is 18.8. The Hall–Kier alpha value is -2.57. The Morgan fingerprint density at radius 3 is 2.86 bits per heavy atom. The Kier molecular flexibility index (Phi) is 5.50.